The molecule has 0 saturated carbocycles. The van der Waals surface area contributed by atoms with Crippen molar-refractivity contribution in [3.05, 3.63) is 54.1 Å². The number of carbonyl (C=O) groups is 1. The van der Waals surface area contributed by atoms with Gasteiger partial charge in [-0.05, 0) is 23.8 Å². The first kappa shape index (κ1) is 16.4. The van der Waals surface area contributed by atoms with Crippen LogP contribution >= 0.6 is 22.9 Å². The summed E-state index contributed by atoms with van der Waals surface area (Å²) in [6.07, 6.45) is 0. The zero-order valence-electron chi connectivity index (χ0n) is 14.2. The van der Waals surface area contributed by atoms with Gasteiger partial charge in [-0.1, -0.05) is 41.7 Å². The van der Waals surface area contributed by atoms with E-state index < -0.39 is 5.38 Å². The molecule has 0 spiro atoms. The molecule has 2 atom stereocenters. The number of alkyl halides is 1. The molecular formula is C19H13ClN4O2S. The zero-order chi connectivity index (χ0) is 18.5. The van der Waals surface area contributed by atoms with Crippen LogP contribution in [0.1, 0.15) is 11.6 Å². The number of hydrogen-bond acceptors (Lipinski definition) is 6. The molecule has 5 rings (SSSR count). The minimum atomic E-state index is -0.630. The van der Waals surface area contributed by atoms with E-state index in [0.717, 1.165) is 32.9 Å². The van der Waals surface area contributed by atoms with E-state index in [1.165, 1.54) is 11.3 Å². The van der Waals surface area contributed by atoms with Gasteiger partial charge in [0.2, 0.25) is 11.0 Å². The summed E-state index contributed by atoms with van der Waals surface area (Å²) < 4.78 is 5.19. The quantitative estimate of drug-likeness (QED) is 0.388. The van der Waals surface area contributed by atoms with Crippen LogP contribution < -0.4 is 9.64 Å². The third-order valence-corrected chi connectivity index (χ3v) is 6.06. The molecule has 1 fully saturated rings. The Morgan fingerprint density at radius 1 is 1.11 bits per heavy atom. The fourth-order valence-corrected chi connectivity index (χ4v) is 4.61. The van der Waals surface area contributed by atoms with Gasteiger partial charge < -0.3 is 4.74 Å². The summed E-state index contributed by atoms with van der Waals surface area (Å²) in [5.74, 6) is 0.567. The molecule has 3 aliphatic rings. The predicted octanol–water partition coefficient (Wildman–Crippen LogP) is 3.90. The first-order valence-electron chi connectivity index (χ1n) is 8.30. The number of fused-ring (bicyclic) bond motifs is 3. The number of amides is 1. The van der Waals surface area contributed by atoms with Crippen LogP contribution in [0.25, 0.3) is 21.6 Å². The number of methoxy groups -OCH3 is 1. The Balaban J connectivity index is 1.56. The van der Waals surface area contributed by atoms with Crippen LogP contribution in [0.15, 0.2) is 48.5 Å². The van der Waals surface area contributed by atoms with Gasteiger partial charge in [0.1, 0.15) is 21.8 Å². The molecule has 1 amide bonds. The van der Waals surface area contributed by atoms with E-state index in [2.05, 4.69) is 15.2 Å². The molecule has 1 saturated heterocycles. The molecule has 0 N–H and O–H groups in total. The predicted molar refractivity (Wildman–Crippen MR) is 105 cm³/mol. The normalized spacial score (nSPS) is 19.5. The largest absolute Gasteiger partial charge is 0.497 e. The fraction of sp³-hybridized carbons (Fsp3) is 0.158. The summed E-state index contributed by atoms with van der Waals surface area (Å²) >= 11 is 7.66. The summed E-state index contributed by atoms with van der Waals surface area (Å²) in [7, 11) is 1.61. The lowest BCUT2D eigenvalue weighted by molar-refractivity contribution is -0.123. The van der Waals surface area contributed by atoms with Crippen molar-refractivity contribution in [2.45, 2.75) is 11.4 Å². The Morgan fingerprint density at radius 3 is 2.67 bits per heavy atom. The van der Waals surface area contributed by atoms with Crippen molar-refractivity contribution < 1.29 is 9.53 Å². The molecule has 134 valence electrons. The van der Waals surface area contributed by atoms with Crippen LogP contribution in [-0.4, -0.2) is 33.6 Å². The van der Waals surface area contributed by atoms with Crippen molar-refractivity contribution in [2.75, 3.05) is 12.0 Å². The van der Waals surface area contributed by atoms with Crippen LogP contribution in [0.5, 0.6) is 5.75 Å². The van der Waals surface area contributed by atoms with Crippen molar-refractivity contribution in [1.29, 1.82) is 0 Å². The number of nitrogens with zero attached hydrogens (tertiary/aromatic N) is 4. The molecule has 6 nitrogen and oxygen atoms in total. The third-order valence-electron chi connectivity index (χ3n) is 4.70. The maximum absolute atomic E-state index is 12.5. The molecule has 3 heterocycles. The van der Waals surface area contributed by atoms with Gasteiger partial charge in [0.25, 0.3) is 0 Å². The molecule has 2 aromatic rings. The molecule has 2 unspecified atom stereocenters. The topological polar surface area (TPSA) is 68.2 Å². The van der Waals surface area contributed by atoms with Gasteiger partial charge in [0.15, 0.2) is 0 Å². The number of carbonyl (C=O) groups excluding carboxylic acids is 1. The van der Waals surface area contributed by atoms with E-state index in [0.29, 0.717) is 5.13 Å². The third kappa shape index (κ3) is 2.46. The Labute approximate surface area is 163 Å². The number of para-hydroxylation sites is 1. The number of anilines is 1. The fourth-order valence-electron chi connectivity index (χ4n) is 3.30. The first-order valence-corrected chi connectivity index (χ1v) is 9.56. The second kappa shape index (κ2) is 6.14. The van der Waals surface area contributed by atoms with Crippen LogP contribution in [0, 0.1) is 0 Å². The zero-order valence-corrected chi connectivity index (χ0v) is 15.7. The number of ether oxygens (including phenoxy) is 1. The first-order chi connectivity index (χ1) is 13.2. The molecular weight excluding hydrogens is 384 g/mol. The number of halogens is 1. The second-order valence-electron chi connectivity index (χ2n) is 6.20. The van der Waals surface area contributed by atoms with E-state index in [1.807, 2.05) is 48.5 Å². The molecule has 8 heteroatoms. The SMILES string of the molecule is COc1ccc(C2C(Cl)C(=O)N2c2nnc3c4ccccc4nc-3s2)cc1. The van der Waals surface area contributed by atoms with E-state index in [4.69, 9.17) is 16.3 Å². The van der Waals surface area contributed by atoms with Gasteiger partial charge in [-0.25, -0.2) is 4.98 Å². The van der Waals surface area contributed by atoms with E-state index in [-0.39, 0.29) is 11.9 Å². The molecule has 0 aliphatic carbocycles. The molecule has 0 radical (unpaired) electrons. The summed E-state index contributed by atoms with van der Waals surface area (Å²) in [5.41, 5.74) is 2.54. The van der Waals surface area contributed by atoms with Crippen molar-refractivity contribution >= 4 is 44.9 Å². The molecule has 27 heavy (non-hydrogen) atoms. The van der Waals surface area contributed by atoms with Gasteiger partial charge >= 0.3 is 0 Å². The minimum Gasteiger partial charge on any atom is -0.497 e. The number of β-lactam (4-membered cyclic amide) rings is 1. The average molecular weight is 397 g/mol. The summed E-state index contributed by atoms with van der Waals surface area (Å²) in [5, 5.41) is 10.2. The van der Waals surface area contributed by atoms with E-state index in [1.54, 1.807) is 12.0 Å². The highest BCUT2D eigenvalue weighted by molar-refractivity contribution is 7.18. The summed E-state index contributed by atoms with van der Waals surface area (Å²) in [4.78, 5) is 18.7. The van der Waals surface area contributed by atoms with Crippen molar-refractivity contribution in [1.82, 2.24) is 15.2 Å². The minimum absolute atomic E-state index is 0.182. The van der Waals surface area contributed by atoms with Crippen molar-refractivity contribution in [2.24, 2.45) is 0 Å². The maximum Gasteiger partial charge on any atom is 0.250 e. The molecule has 3 aliphatic heterocycles. The van der Waals surface area contributed by atoms with Crippen LogP contribution in [0.4, 0.5) is 5.13 Å². The molecule has 0 bridgehead atoms. The molecule has 2 aromatic carbocycles. The number of rotatable bonds is 3. The standard InChI is InChI=1S/C19H13ClN4O2S/c1-26-11-8-6-10(7-9-11)16-14(20)18(25)24(16)19-23-22-15-12-4-2-3-5-13(12)21-17(15)27-19/h2-9,14,16H,1H3. The number of aromatic nitrogens is 3. The Bertz CT molecular complexity index is 1130. The Morgan fingerprint density at radius 2 is 1.89 bits per heavy atom. The van der Waals surface area contributed by atoms with Gasteiger partial charge in [0.05, 0.1) is 18.7 Å². The van der Waals surface area contributed by atoms with E-state index >= 15 is 0 Å². The number of benzene rings is 2. The Kier molecular flexibility index (Phi) is 3.73. The van der Waals surface area contributed by atoms with Gasteiger partial charge in [-0.3, -0.25) is 9.69 Å². The average Bonchev–Trinajstić information content (AvgIpc) is 3.09. The lowest BCUT2D eigenvalue weighted by Crippen LogP contribution is -2.56. The van der Waals surface area contributed by atoms with E-state index in [9.17, 15) is 4.79 Å². The highest BCUT2D eigenvalue weighted by atomic mass is 35.5. The monoisotopic (exact) mass is 396 g/mol. The van der Waals surface area contributed by atoms with Crippen molar-refractivity contribution in [3.8, 4) is 16.5 Å². The maximum atomic E-state index is 12.5. The van der Waals surface area contributed by atoms with Crippen LogP contribution in [0.2, 0.25) is 0 Å². The summed E-state index contributed by atoms with van der Waals surface area (Å²) in [6, 6.07) is 15.0. The van der Waals surface area contributed by atoms with Crippen LogP contribution in [-0.2, 0) is 4.79 Å². The summed E-state index contributed by atoms with van der Waals surface area (Å²) in [6.45, 7) is 0. The lowest BCUT2D eigenvalue weighted by Gasteiger charge is -2.42. The van der Waals surface area contributed by atoms with Gasteiger partial charge in [0, 0.05) is 5.39 Å². The second-order valence-corrected chi connectivity index (χ2v) is 7.62. The highest BCUT2D eigenvalue weighted by Crippen LogP contribution is 2.45. The number of hydrogen-bond donors (Lipinski definition) is 0. The van der Waals surface area contributed by atoms with Crippen LogP contribution in [0.3, 0.4) is 0 Å². The molecule has 0 aromatic heterocycles. The van der Waals surface area contributed by atoms with Crippen molar-refractivity contribution in [3.63, 3.8) is 0 Å². The smallest absolute Gasteiger partial charge is 0.250 e. The van der Waals surface area contributed by atoms with Gasteiger partial charge in [-0.2, -0.15) is 0 Å². The lowest BCUT2D eigenvalue weighted by atomic mass is 9.94. The van der Waals surface area contributed by atoms with Gasteiger partial charge in [-0.15, -0.1) is 21.8 Å². The highest BCUT2D eigenvalue weighted by Gasteiger charge is 2.49. The Hall–Kier alpha value is -2.77.